The summed E-state index contributed by atoms with van der Waals surface area (Å²) in [5, 5.41) is 3.24. The number of nitrogens with zero attached hydrogens (tertiary/aromatic N) is 1. The zero-order valence-electron chi connectivity index (χ0n) is 11.6. The average Bonchev–Trinajstić information content (AvgIpc) is 2.38. The molecule has 1 N–H and O–H groups in total. The summed E-state index contributed by atoms with van der Waals surface area (Å²) in [7, 11) is 0. The summed E-state index contributed by atoms with van der Waals surface area (Å²) >= 11 is 0. The Balaban J connectivity index is 2.33. The van der Waals surface area contributed by atoms with E-state index in [0.29, 0.717) is 18.2 Å². The van der Waals surface area contributed by atoms with Crippen LogP contribution in [-0.2, 0) is 6.54 Å². The SMILES string of the molecule is Cc1cnccc1-c1ccc(F)c(CNC(C)C)c1. The highest BCUT2D eigenvalue weighted by molar-refractivity contribution is 5.67. The summed E-state index contributed by atoms with van der Waals surface area (Å²) in [6, 6.07) is 7.56. The molecule has 0 fully saturated rings. The summed E-state index contributed by atoms with van der Waals surface area (Å²) in [6.45, 7) is 6.66. The van der Waals surface area contributed by atoms with Crippen LogP contribution in [0.3, 0.4) is 0 Å². The van der Waals surface area contributed by atoms with E-state index in [9.17, 15) is 4.39 Å². The van der Waals surface area contributed by atoms with Gasteiger partial charge in [-0.25, -0.2) is 4.39 Å². The van der Waals surface area contributed by atoms with Crippen LogP contribution in [0.25, 0.3) is 11.1 Å². The van der Waals surface area contributed by atoms with Gasteiger partial charge in [-0.2, -0.15) is 0 Å². The highest BCUT2D eigenvalue weighted by atomic mass is 19.1. The fourth-order valence-corrected chi connectivity index (χ4v) is 1.99. The van der Waals surface area contributed by atoms with Crippen molar-refractivity contribution in [1.82, 2.24) is 10.3 Å². The monoisotopic (exact) mass is 258 g/mol. The molecule has 0 aliphatic heterocycles. The van der Waals surface area contributed by atoms with Crippen LogP contribution < -0.4 is 5.32 Å². The Bertz CT molecular complexity index is 564. The lowest BCUT2D eigenvalue weighted by molar-refractivity contribution is 0.553. The second-order valence-electron chi connectivity index (χ2n) is 5.03. The molecule has 0 amide bonds. The Morgan fingerprint density at radius 2 is 2.05 bits per heavy atom. The molecule has 0 aliphatic rings. The first kappa shape index (κ1) is 13.7. The first-order valence-corrected chi connectivity index (χ1v) is 6.50. The van der Waals surface area contributed by atoms with Gasteiger partial charge < -0.3 is 5.32 Å². The molecule has 0 radical (unpaired) electrons. The van der Waals surface area contributed by atoms with Crippen LogP contribution in [0.15, 0.2) is 36.7 Å². The topological polar surface area (TPSA) is 24.9 Å². The highest BCUT2D eigenvalue weighted by Crippen LogP contribution is 2.24. The molecule has 0 aliphatic carbocycles. The first-order chi connectivity index (χ1) is 9.08. The second-order valence-corrected chi connectivity index (χ2v) is 5.03. The molecule has 0 bridgehead atoms. The van der Waals surface area contributed by atoms with Crippen molar-refractivity contribution in [2.75, 3.05) is 0 Å². The number of hydrogen-bond donors (Lipinski definition) is 1. The molecule has 0 spiro atoms. The van der Waals surface area contributed by atoms with E-state index in [4.69, 9.17) is 0 Å². The summed E-state index contributed by atoms with van der Waals surface area (Å²) in [5.74, 6) is -0.163. The molecule has 1 aromatic heterocycles. The molecule has 3 heteroatoms. The maximum Gasteiger partial charge on any atom is 0.127 e. The predicted molar refractivity (Wildman–Crippen MR) is 76.3 cm³/mol. The van der Waals surface area contributed by atoms with Crippen molar-refractivity contribution < 1.29 is 4.39 Å². The Kier molecular flexibility index (Phi) is 4.27. The molecule has 1 aromatic carbocycles. The molecular weight excluding hydrogens is 239 g/mol. The van der Waals surface area contributed by atoms with Gasteiger partial charge in [0.2, 0.25) is 0 Å². The first-order valence-electron chi connectivity index (χ1n) is 6.50. The van der Waals surface area contributed by atoms with Crippen LogP contribution in [-0.4, -0.2) is 11.0 Å². The molecule has 2 aromatic rings. The molecule has 2 nitrogen and oxygen atoms in total. The Hall–Kier alpha value is -1.74. The molecular formula is C16H19FN2. The molecule has 100 valence electrons. The molecule has 0 saturated carbocycles. The third-order valence-corrected chi connectivity index (χ3v) is 3.08. The van der Waals surface area contributed by atoms with Gasteiger partial charge in [0, 0.05) is 30.5 Å². The van der Waals surface area contributed by atoms with Crippen molar-refractivity contribution in [3.05, 3.63) is 53.6 Å². The van der Waals surface area contributed by atoms with Crippen LogP contribution in [0.2, 0.25) is 0 Å². The fraction of sp³-hybridized carbons (Fsp3) is 0.312. The average molecular weight is 258 g/mol. The van der Waals surface area contributed by atoms with E-state index >= 15 is 0 Å². The molecule has 0 atom stereocenters. The lowest BCUT2D eigenvalue weighted by Crippen LogP contribution is -2.22. The highest BCUT2D eigenvalue weighted by Gasteiger charge is 2.07. The molecule has 1 heterocycles. The van der Waals surface area contributed by atoms with Crippen molar-refractivity contribution in [2.45, 2.75) is 33.4 Å². The van der Waals surface area contributed by atoms with E-state index in [2.05, 4.69) is 24.1 Å². The molecule has 2 rings (SSSR count). The zero-order chi connectivity index (χ0) is 13.8. The van der Waals surface area contributed by atoms with E-state index in [1.807, 2.05) is 31.3 Å². The van der Waals surface area contributed by atoms with Gasteiger partial charge in [-0.1, -0.05) is 19.9 Å². The van der Waals surface area contributed by atoms with Crippen LogP contribution in [0.4, 0.5) is 4.39 Å². The maximum absolute atomic E-state index is 13.8. The van der Waals surface area contributed by atoms with Crippen LogP contribution in [0.1, 0.15) is 25.0 Å². The number of aryl methyl sites for hydroxylation is 1. The van der Waals surface area contributed by atoms with E-state index in [1.165, 1.54) is 6.07 Å². The standard InChI is InChI=1S/C16H19FN2/c1-11(2)19-10-14-8-13(4-5-16(14)17)15-6-7-18-9-12(15)3/h4-9,11,19H,10H2,1-3H3. The molecule has 0 saturated heterocycles. The Labute approximate surface area is 113 Å². The summed E-state index contributed by atoms with van der Waals surface area (Å²) < 4.78 is 13.8. The quantitative estimate of drug-likeness (QED) is 0.904. The van der Waals surface area contributed by atoms with Crippen LogP contribution >= 0.6 is 0 Å². The van der Waals surface area contributed by atoms with E-state index in [1.54, 1.807) is 6.20 Å². The van der Waals surface area contributed by atoms with E-state index < -0.39 is 0 Å². The van der Waals surface area contributed by atoms with Crippen molar-refractivity contribution in [2.24, 2.45) is 0 Å². The van der Waals surface area contributed by atoms with Crippen molar-refractivity contribution in [1.29, 1.82) is 0 Å². The van der Waals surface area contributed by atoms with Crippen LogP contribution in [0, 0.1) is 12.7 Å². The lowest BCUT2D eigenvalue weighted by atomic mass is 10.0. The van der Waals surface area contributed by atoms with Crippen LogP contribution in [0.5, 0.6) is 0 Å². The van der Waals surface area contributed by atoms with Crippen molar-refractivity contribution in [3.63, 3.8) is 0 Å². The maximum atomic E-state index is 13.8. The number of hydrogen-bond acceptors (Lipinski definition) is 2. The smallest absolute Gasteiger partial charge is 0.127 e. The molecule has 0 unspecified atom stereocenters. The Morgan fingerprint density at radius 3 is 2.74 bits per heavy atom. The number of pyridine rings is 1. The summed E-state index contributed by atoms with van der Waals surface area (Å²) in [6.07, 6.45) is 3.59. The normalized spacial score (nSPS) is 11.0. The molecule has 19 heavy (non-hydrogen) atoms. The van der Waals surface area contributed by atoms with E-state index in [0.717, 1.165) is 16.7 Å². The minimum Gasteiger partial charge on any atom is -0.310 e. The number of rotatable bonds is 4. The minimum absolute atomic E-state index is 0.163. The van der Waals surface area contributed by atoms with Gasteiger partial charge in [-0.15, -0.1) is 0 Å². The second kappa shape index (κ2) is 5.93. The summed E-state index contributed by atoms with van der Waals surface area (Å²) in [5.41, 5.74) is 3.92. The zero-order valence-corrected chi connectivity index (χ0v) is 11.6. The Morgan fingerprint density at radius 1 is 1.26 bits per heavy atom. The fourth-order valence-electron chi connectivity index (χ4n) is 1.99. The predicted octanol–water partition coefficient (Wildman–Crippen LogP) is 3.69. The third kappa shape index (κ3) is 3.38. The van der Waals surface area contributed by atoms with Gasteiger partial charge in [0.25, 0.3) is 0 Å². The number of nitrogens with one attached hydrogen (secondary N) is 1. The van der Waals surface area contributed by atoms with Crippen molar-refractivity contribution in [3.8, 4) is 11.1 Å². The number of aromatic nitrogens is 1. The van der Waals surface area contributed by atoms with Gasteiger partial charge in [-0.05, 0) is 41.8 Å². The van der Waals surface area contributed by atoms with Crippen molar-refractivity contribution >= 4 is 0 Å². The minimum atomic E-state index is -0.163. The van der Waals surface area contributed by atoms with Gasteiger partial charge in [0.15, 0.2) is 0 Å². The lowest BCUT2D eigenvalue weighted by Gasteiger charge is -2.11. The number of benzene rings is 1. The summed E-state index contributed by atoms with van der Waals surface area (Å²) in [4.78, 5) is 4.08. The van der Waals surface area contributed by atoms with E-state index in [-0.39, 0.29) is 5.82 Å². The van der Waals surface area contributed by atoms with Gasteiger partial charge in [0.1, 0.15) is 5.82 Å². The largest absolute Gasteiger partial charge is 0.310 e. The third-order valence-electron chi connectivity index (χ3n) is 3.08. The van der Waals surface area contributed by atoms with Gasteiger partial charge >= 0.3 is 0 Å². The number of halogens is 1. The van der Waals surface area contributed by atoms with Gasteiger partial charge in [-0.3, -0.25) is 4.98 Å². The van der Waals surface area contributed by atoms with Gasteiger partial charge in [0.05, 0.1) is 0 Å².